The molecule has 0 radical (unpaired) electrons. The van der Waals surface area contributed by atoms with Crippen molar-refractivity contribution in [3.63, 3.8) is 0 Å². The second-order valence-electron chi connectivity index (χ2n) is 9.29. The second-order valence-corrected chi connectivity index (χ2v) is 10.1. The monoisotopic (exact) mass is 560 g/mol. The number of aliphatic hydroxyl groups excluding tert-OH is 1. The first kappa shape index (κ1) is 34.0. The molecule has 7 nitrogen and oxygen atoms in total. The molecule has 0 saturated carbocycles. The van der Waals surface area contributed by atoms with Gasteiger partial charge in [-0.05, 0) is 44.2 Å². The van der Waals surface area contributed by atoms with Gasteiger partial charge in [-0.25, -0.2) is 9.37 Å². The van der Waals surface area contributed by atoms with E-state index in [9.17, 15) is 19.1 Å². The third-order valence-electron chi connectivity index (χ3n) is 6.03. The van der Waals surface area contributed by atoms with Crippen LogP contribution in [0.3, 0.4) is 0 Å². The minimum absolute atomic E-state index is 0.104. The topological polar surface area (TPSA) is 96.3 Å². The molecule has 2 amide bonds. The van der Waals surface area contributed by atoms with Gasteiger partial charge in [-0.3, -0.25) is 9.59 Å². The average Bonchev–Trinajstić information content (AvgIpc) is 3.60. The lowest BCUT2D eigenvalue weighted by molar-refractivity contribution is -0.115. The molecule has 0 aliphatic rings. The van der Waals surface area contributed by atoms with Crippen LogP contribution in [0, 0.1) is 12.8 Å². The summed E-state index contributed by atoms with van der Waals surface area (Å²) < 4.78 is 14.6. The number of anilines is 1. The summed E-state index contributed by atoms with van der Waals surface area (Å²) in [5.41, 5.74) is 3.50. The summed E-state index contributed by atoms with van der Waals surface area (Å²) in [5.74, 6) is 0.00784. The molecule has 0 spiro atoms. The number of aromatic nitrogens is 2. The molecule has 1 aromatic carbocycles. The number of thiazole rings is 1. The Morgan fingerprint density at radius 3 is 2.46 bits per heavy atom. The molecule has 2 heterocycles. The Kier molecular flexibility index (Phi) is 15.9. The fourth-order valence-corrected chi connectivity index (χ4v) is 4.18. The molecular weight excluding hydrogens is 515 g/mol. The molecule has 3 aromatic rings. The van der Waals surface area contributed by atoms with Gasteiger partial charge < -0.3 is 20.3 Å². The van der Waals surface area contributed by atoms with Gasteiger partial charge in [-0.2, -0.15) is 0 Å². The van der Waals surface area contributed by atoms with Crippen molar-refractivity contribution in [2.45, 2.75) is 79.5 Å². The summed E-state index contributed by atoms with van der Waals surface area (Å²) in [5, 5.41) is 17.0. The summed E-state index contributed by atoms with van der Waals surface area (Å²) in [6.07, 6.45) is 4.75. The van der Waals surface area contributed by atoms with E-state index in [0.717, 1.165) is 29.7 Å². The van der Waals surface area contributed by atoms with Crippen molar-refractivity contribution < 1.29 is 19.1 Å². The van der Waals surface area contributed by atoms with E-state index in [2.05, 4.69) is 29.5 Å². The molecule has 0 aliphatic heterocycles. The van der Waals surface area contributed by atoms with Gasteiger partial charge >= 0.3 is 0 Å². The number of nitrogens with zero attached hydrogens (tertiary/aromatic N) is 2. The molecule has 3 unspecified atom stereocenters. The Bertz CT molecular complexity index is 1130. The second kappa shape index (κ2) is 18.3. The Morgan fingerprint density at radius 1 is 1.15 bits per heavy atom. The van der Waals surface area contributed by atoms with Crippen LogP contribution in [0.1, 0.15) is 76.2 Å². The quantitative estimate of drug-likeness (QED) is 0.241. The Hall–Kier alpha value is -3.04. The number of nitrogens with one attached hydrogen (secondary N) is 2. The highest BCUT2D eigenvalue weighted by Crippen LogP contribution is 2.25. The molecule has 0 saturated heterocycles. The lowest BCUT2D eigenvalue weighted by Crippen LogP contribution is -2.32. The third kappa shape index (κ3) is 12.6. The van der Waals surface area contributed by atoms with E-state index in [0.29, 0.717) is 29.5 Å². The zero-order valence-electron chi connectivity index (χ0n) is 24.3. The maximum Gasteiger partial charge on any atom is 0.253 e. The number of alkyl halides is 1. The van der Waals surface area contributed by atoms with Crippen molar-refractivity contribution >= 4 is 28.3 Å². The summed E-state index contributed by atoms with van der Waals surface area (Å²) in [6, 6.07) is 9.71. The Morgan fingerprint density at radius 2 is 1.87 bits per heavy atom. The molecule has 3 atom stereocenters. The fourth-order valence-electron chi connectivity index (χ4n) is 3.44. The van der Waals surface area contributed by atoms with Crippen LogP contribution < -0.4 is 10.6 Å². The zero-order chi connectivity index (χ0) is 29.4. The molecule has 0 aliphatic carbocycles. The number of carbonyl (C=O) groups excluding carboxylic acids is 2. The van der Waals surface area contributed by atoms with E-state index in [-0.39, 0.29) is 18.4 Å². The van der Waals surface area contributed by atoms with Crippen LogP contribution in [0.15, 0.2) is 48.1 Å². The van der Waals surface area contributed by atoms with E-state index in [1.807, 2.05) is 57.5 Å². The SMILES string of the molecule is CC.CCC(C)CCC(O)C(F)CC.Cc1cccc(-c2csc(NC(=O)CNC(=O)c3ccn(C)c3)n2)c1. The number of halogens is 1. The highest BCUT2D eigenvalue weighted by Gasteiger charge is 2.16. The maximum absolute atomic E-state index is 12.8. The molecule has 2 aromatic heterocycles. The van der Waals surface area contributed by atoms with Crippen molar-refractivity contribution in [2.75, 3.05) is 11.9 Å². The largest absolute Gasteiger partial charge is 0.390 e. The first-order valence-electron chi connectivity index (χ1n) is 13.7. The summed E-state index contributed by atoms with van der Waals surface area (Å²) >= 11 is 1.35. The van der Waals surface area contributed by atoms with Crippen LogP contribution in [0.4, 0.5) is 9.52 Å². The molecule has 0 bridgehead atoms. The summed E-state index contributed by atoms with van der Waals surface area (Å²) in [4.78, 5) is 28.3. The van der Waals surface area contributed by atoms with E-state index in [1.165, 1.54) is 11.3 Å². The predicted molar refractivity (Wildman–Crippen MR) is 160 cm³/mol. The molecular formula is C30H45FN4O3S. The molecule has 3 rings (SSSR count). The van der Waals surface area contributed by atoms with E-state index < -0.39 is 12.3 Å². The van der Waals surface area contributed by atoms with E-state index in [1.54, 1.807) is 30.0 Å². The van der Waals surface area contributed by atoms with Gasteiger partial charge in [0, 0.05) is 30.4 Å². The Labute approximate surface area is 236 Å². The summed E-state index contributed by atoms with van der Waals surface area (Å²) in [6.45, 7) is 11.9. The number of carbonyl (C=O) groups is 2. The number of aryl methyl sites for hydroxylation is 2. The number of amides is 2. The smallest absolute Gasteiger partial charge is 0.253 e. The van der Waals surface area contributed by atoms with Crippen LogP contribution >= 0.6 is 11.3 Å². The molecule has 3 N–H and O–H groups in total. The highest BCUT2D eigenvalue weighted by molar-refractivity contribution is 7.14. The molecule has 216 valence electrons. The number of benzene rings is 1. The van der Waals surface area contributed by atoms with E-state index >= 15 is 0 Å². The van der Waals surface area contributed by atoms with Crippen molar-refractivity contribution in [2.24, 2.45) is 13.0 Å². The molecule has 39 heavy (non-hydrogen) atoms. The van der Waals surface area contributed by atoms with Crippen LogP contribution in [0.5, 0.6) is 0 Å². The van der Waals surface area contributed by atoms with Crippen LogP contribution in [0.25, 0.3) is 11.3 Å². The van der Waals surface area contributed by atoms with Crippen LogP contribution in [0.2, 0.25) is 0 Å². The highest BCUT2D eigenvalue weighted by atomic mass is 32.1. The van der Waals surface area contributed by atoms with Crippen LogP contribution in [-0.4, -0.2) is 45.3 Å². The standard InChI is InChI=1S/C18H18N4O2S.C10H21FO.C2H6/c1-12-4-3-5-13(8-12)15-11-25-18(20-15)21-16(23)9-19-17(24)14-6-7-22(2)10-14;1-4-8(3)6-7-10(12)9(11)5-2;1-2/h3-8,10-11H,9H2,1-2H3,(H,19,24)(H,20,21,23);8-10,12H,4-7H2,1-3H3;1-2H3. The van der Waals surface area contributed by atoms with Crippen molar-refractivity contribution in [1.29, 1.82) is 0 Å². The van der Waals surface area contributed by atoms with Gasteiger partial charge in [0.1, 0.15) is 6.17 Å². The van der Waals surface area contributed by atoms with Gasteiger partial charge in [0.05, 0.1) is 23.9 Å². The minimum Gasteiger partial charge on any atom is -0.390 e. The van der Waals surface area contributed by atoms with Gasteiger partial charge in [-0.1, -0.05) is 64.8 Å². The normalized spacial score (nSPS) is 12.6. The van der Waals surface area contributed by atoms with Crippen molar-refractivity contribution in [3.8, 4) is 11.3 Å². The van der Waals surface area contributed by atoms with Crippen molar-refractivity contribution in [1.82, 2.24) is 14.9 Å². The molecule has 0 fully saturated rings. The third-order valence-corrected chi connectivity index (χ3v) is 6.79. The van der Waals surface area contributed by atoms with Crippen molar-refractivity contribution in [3.05, 3.63) is 59.2 Å². The van der Waals surface area contributed by atoms with Gasteiger partial charge in [0.25, 0.3) is 5.91 Å². The van der Waals surface area contributed by atoms with E-state index in [4.69, 9.17) is 0 Å². The molecule has 9 heteroatoms. The minimum atomic E-state index is -1.03. The van der Waals surface area contributed by atoms with Gasteiger partial charge in [-0.15, -0.1) is 11.3 Å². The zero-order valence-corrected chi connectivity index (χ0v) is 25.1. The summed E-state index contributed by atoms with van der Waals surface area (Å²) in [7, 11) is 1.83. The fraction of sp³-hybridized carbons (Fsp3) is 0.500. The lowest BCUT2D eigenvalue weighted by atomic mass is 9.98. The predicted octanol–water partition coefficient (Wildman–Crippen LogP) is 6.77. The number of hydrogen-bond donors (Lipinski definition) is 3. The van der Waals surface area contributed by atoms with Gasteiger partial charge in [0.15, 0.2) is 5.13 Å². The van der Waals surface area contributed by atoms with Gasteiger partial charge in [0.2, 0.25) is 5.91 Å². The van der Waals surface area contributed by atoms with Crippen LogP contribution in [-0.2, 0) is 11.8 Å². The first-order chi connectivity index (χ1) is 18.6. The first-order valence-corrected chi connectivity index (χ1v) is 14.6. The maximum atomic E-state index is 12.8. The number of rotatable bonds is 11. The average molecular weight is 561 g/mol. The lowest BCUT2D eigenvalue weighted by Gasteiger charge is -2.15. The Balaban J connectivity index is 0.000000461. The number of hydrogen-bond acceptors (Lipinski definition) is 5. The number of aliphatic hydroxyl groups is 1.